The lowest BCUT2D eigenvalue weighted by Crippen LogP contribution is -2.52. The van der Waals surface area contributed by atoms with Crippen LogP contribution in [0.25, 0.3) is 0 Å². The summed E-state index contributed by atoms with van der Waals surface area (Å²) in [6.45, 7) is -0.604. The molecule has 4 nitrogen and oxygen atoms in total. The van der Waals surface area contributed by atoms with Gasteiger partial charge in [-0.1, -0.05) is 18.9 Å². The number of rotatable bonds is 4. The van der Waals surface area contributed by atoms with E-state index in [1.807, 2.05) is 0 Å². The van der Waals surface area contributed by atoms with Gasteiger partial charge in [0, 0.05) is 6.54 Å². The molecule has 0 aromatic heterocycles. The molecule has 1 aromatic carbocycles. The van der Waals surface area contributed by atoms with E-state index >= 15 is 0 Å². The Balaban J connectivity index is 2.02. The molecule has 1 saturated carbocycles. The van der Waals surface area contributed by atoms with Crippen molar-refractivity contribution in [1.82, 2.24) is 10.6 Å². The predicted octanol–water partition coefficient (Wildman–Crippen LogP) is 2.95. The summed E-state index contributed by atoms with van der Waals surface area (Å²) in [6.07, 6.45) is -1.70. The van der Waals surface area contributed by atoms with Gasteiger partial charge in [-0.05, 0) is 30.5 Å². The number of hydrogen-bond acceptors (Lipinski definition) is 2. The van der Waals surface area contributed by atoms with Crippen molar-refractivity contribution >= 4 is 6.03 Å². The smallest absolute Gasteiger partial charge is 0.394 e. The highest BCUT2D eigenvalue weighted by Crippen LogP contribution is 2.32. The molecule has 0 saturated heterocycles. The number of aliphatic hydroxyl groups excluding tert-OH is 1. The number of hydrogen-bond donors (Lipinski definition) is 3. The van der Waals surface area contributed by atoms with Gasteiger partial charge in [-0.15, -0.1) is 0 Å². The number of urea groups is 1. The number of halogens is 4. The molecule has 1 aromatic rings. The molecule has 0 unspecified atom stereocenters. The second kappa shape index (κ2) is 6.74. The summed E-state index contributed by atoms with van der Waals surface area (Å²) in [7, 11) is 0. The van der Waals surface area contributed by atoms with Crippen molar-refractivity contribution in [3.63, 3.8) is 0 Å². The quantitative estimate of drug-likeness (QED) is 0.742. The number of carbonyl (C=O) groups is 1. The normalized spacial score (nSPS) is 17.1. The summed E-state index contributed by atoms with van der Waals surface area (Å²) < 4.78 is 51.6. The van der Waals surface area contributed by atoms with E-state index in [4.69, 9.17) is 0 Å². The van der Waals surface area contributed by atoms with E-state index in [9.17, 15) is 27.5 Å². The monoisotopic (exact) mass is 334 g/mol. The molecule has 3 N–H and O–H groups in total. The molecule has 0 aliphatic heterocycles. The number of aliphatic hydroxyl groups is 1. The van der Waals surface area contributed by atoms with E-state index in [0.717, 1.165) is 25.0 Å². The van der Waals surface area contributed by atoms with Crippen molar-refractivity contribution in [3.05, 3.63) is 35.1 Å². The first-order valence-corrected chi connectivity index (χ1v) is 7.28. The Morgan fingerprint density at radius 3 is 2.48 bits per heavy atom. The summed E-state index contributed by atoms with van der Waals surface area (Å²) in [5, 5.41) is 14.4. The minimum Gasteiger partial charge on any atom is -0.394 e. The third-order valence-electron chi connectivity index (χ3n) is 4.06. The maximum Gasteiger partial charge on any atom is 0.416 e. The first kappa shape index (κ1) is 17.5. The average Bonchev–Trinajstić information content (AvgIpc) is 2.94. The Morgan fingerprint density at radius 2 is 1.91 bits per heavy atom. The van der Waals surface area contributed by atoms with Crippen LogP contribution in [0.4, 0.5) is 22.4 Å². The van der Waals surface area contributed by atoms with Gasteiger partial charge in [-0.25, -0.2) is 9.18 Å². The van der Waals surface area contributed by atoms with Crippen molar-refractivity contribution < 1.29 is 27.5 Å². The third-order valence-corrected chi connectivity index (χ3v) is 4.06. The first-order valence-electron chi connectivity index (χ1n) is 7.28. The Hall–Kier alpha value is -1.83. The SMILES string of the molecule is O=C(NCc1ccc(F)cc1C(F)(F)F)NC1(CO)CCCC1. The van der Waals surface area contributed by atoms with Gasteiger partial charge in [0.2, 0.25) is 0 Å². The number of amides is 2. The summed E-state index contributed by atoms with van der Waals surface area (Å²) in [6, 6.07) is 1.66. The molecule has 23 heavy (non-hydrogen) atoms. The number of alkyl halides is 3. The molecule has 2 amide bonds. The van der Waals surface area contributed by atoms with Crippen molar-refractivity contribution in [2.24, 2.45) is 0 Å². The van der Waals surface area contributed by atoms with Crippen LogP contribution in [0, 0.1) is 5.82 Å². The van der Waals surface area contributed by atoms with Gasteiger partial charge in [0.25, 0.3) is 0 Å². The third kappa shape index (κ3) is 4.34. The van der Waals surface area contributed by atoms with Crippen LogP contribution >= 0.6 is 0 Å². The van der Waals surface area contributed by atoms with E-state index in [0.29, 0.717) is 18.9 Å². The molecule has 2 rings (SSSR count). The summed E-state index contributed by atoms with van der Waals surface area (Å²) >= 11 is 0. The van der Waals surface area contributed by atoms with Crippen LogP contribution in [0.2, 0.25) is 0 Å². The van der Waals surface area contributed by atoms with E-state index in [2.05, 4.69) is 10.6 Å². The molecule has 0 bridgehead atoms. The number of benzene rings is 1. The van der Waals surface area contributed by atoms with Gasteiger partial charge in [0.1, 0.15) is 5.82 Å². The first-order chi connectivity index (χ1) is 10.8. The molecule has 128 valence electrons. The summed E-state index contributed by atoms with van der Waals surface area (Å²) in [5.74, 6) is -0.990. The van der Waals surface area contributed by atoms with E-state index in [1.165, 1.54) is 0 Å². The predicted molar refractivity (Wildman–Crippen MR) is 75.1 cm³/mol. The molecule has 0 atom stereocenters. The van der Waals surface area contributed by atoms with Gasteiger partial charge in [-0.2, -0.15) is 13.2 Å². The lowest BCUT2D eigenvalue weighted by atomic mass is 9.99. The Labute approximate surface area is 130 Å². The van der Waals surface area contributed by atoms with Crippen LogP contribution in [-0.4, -0.2) is 23.3 Å². The minimum absolute atomic E-state index is 0.217. The largest absolute Gasteiger partial charge is 0.416 e. The summed E-state index contributed by atoms with van der Waals surface area (Å²) in [4.78, 5) is 11.9. The zero-order valence-electron chi connectivity index (χ0n) is 12.3. The van der Waals surface area contributed by atoms with Crippen LogP contribution in [0.1, 0.15) is 36.8 Å². The maximum absolute atomic E-state index is 13.0. The van der Waals surface area contributed by atoms with Gasteiger partial charge < -0.3 is 15.7 Å². The van der Waals surface area contributed by atoms with E-state index < -0.39 is 29.1 Å². The van der Waals surface area contributed by atoms with Gasteiger partial charge >= 0.3 is 12.2 Å². The molecular weight excluding hydrogens is 316 g/mol. The highest BCUT2D eigenvalue weighted by atomic mass is 19.4. The van der Waals surface area contributed by atoms with Crippen LogP contribution in [0.15, 0.2) is 18.2 Å². The molecule has 0 spiro atoms. The van der Waals surface area contributed by atoms with Gasteiger partial charge in [0.15, 0.2) is 0 Å². The Kier molecular flexibility index (Phi) is 5.13. The molecule has 0 heterocycles. The molecule has 0 radical (unpaired) electrons. The van der Waals surface area contributed by atoms with Crippen molar-refractivity contribution in [3.8, 4) is 0 Å². The second-order valence-corrected chi connectivity index (χ2v) is 5.75. The highest BCUT2D eigenvalue weighted by molar-refractivity contribution is 5.75. The van der Waals surface area contributed by atoms with Crippen LogP contribution in [0.3, 0.4) is 0 Å². The fraction of sp³-hybridized carbons (Fsp3) is 0.533. The van der Waals surface area contributed by atoms with Gasteiger partial charge in [0.05, 0.1) is 17.7 Å². The Bertz CT molecular complexity index is 569. The fourth-order valence-electron chi connectivity index (χ4n) is 2.80. The molecule has 1 fully saturated rings. The lowest BCUT2D eigenvalue weighted by Gasteiger charge is -2.28. The zero-order chi connectivity index (χ0) is 17.1. The van der Waals surface area contributed by atoms with E-state index in [1.54, 1.807) is 0 Å². The topological polar surface area (TPSA) is 61.4 Å². The highest BCUT2D eigenvalue weighted by Gasteiger charge is 2.35. The van der Waals surface area contributed by atoms with Crippen molar-refractivity contribution in [2.45, 2.75) is 43.9 Å². The molecular formula is C15H18F4N2O2. The average molecular weight is 334 g/mol. The minimum atomic E-state index is -4.70. The zero-order valence-corrected chi connectivity index (χ0v) is 12.3. The molecule has 1 aliphatic carbocycles. The van der Waals surface area contributed by atoms with Crippen LogP contribution in [-0.2, 0) is 12.7 Å². The van der Waals surface area contributed by atoms with Crippen molar-refractivity contribution in [2.75, 3.05) is 6.61 Å². The Morgan fingerprint density at radius 1 is 1.26 bits per heavy atom. The van der Waals surface area contributed by atoms with Crippen molar-refractivity contribution in [1.29, 1.82) is 0 Å². The molecule has 1 aliphatic rings. The van der Waals surface area contributed by atoms with E-state index in [-0.39, 0.29) is 18.7 Å². The lowest BCUT2D eigenvalue weighted by molar-refractivity contribution is -0.138. The standard InChI is InChI=1S/C15H18F4N2O2/c16-11-4-3-10(12(7-11)15(17,18)19)8-20-13(23)21-14(9-22)5-1-2-6-14/h3-4,7,22H,1-2,5-6,8-9H2,(H2,20,21,23). The number of nitrogens with one attached hydrogen (secondary N) is 2. The molecule has 8 heteroatoms. The van der Waals surface area contributed by atoms with Gasteiger partial charge in [-0.3, -0.25) is 0 Å². The summed E-state index contributed by atoms with van der Waals surface area (Å²) in [5.41, 5.74) is -2.05. The van der Waals surface area contributed by atoms with Crippen LogP contribution in [0.5, 0.6) is 0 Å². The second-order valence-electron chi connectivity index (χ2n) is 5.75. The number of carbonyl (C=O) groups excluding carboxylic acids is 1. The van der Waals surface area contributed by atoms with Crippen LogP contribution < -0.4 is 10.6 Å². The fourth-order valence-corrected chi connectivity index (χ4v) is 2.80. The maximum atomic E-state index is 13.0.